The monoisotopic (exact) mass is 315 g/mol. The largest absolute Gasteiger partial charge is 0.306 e. The third kappa shape index (κ3) is 4.34. The molecular weight excluding hydrogens is 298 g/mol. The van der Waals surface area contributed by atoms with Crippen LogP contribution < -0.4 is 5.32 Å². The molecule has 0 saturated heterocycles. The van der Waals surface area contributed by atoms with Crippen molar-refractivity contribution in [3.8, 4) is 0 Å². The van der Waals surface area contributed by atoms with E-state index >= 15 is 0 Å². The SMILES string of the molecule is C=CCC(NCc1ccccc1)c1ccc(Br)cc1. The second-order valence-corrected chi connectivity index (χ2v) is 5.41. The van der Waals surface area contributed by atoms with Crippen LogP contribution in [0.2, 0.25) is 0 Å². The molecule has 1 N–H and O–H groups in total. The van der Waals surface area contributed by atoms with Crippen LogP contribution in [0.3, 0.4) is 0 Å². The number of nitrogens with one attached hydrogen (secondary N) is 1. The summed E-state index contributed by atoms with van der Waals surface area (Å²) in [6.45, 7) is 4.72. The van der Waals surface area contributed by atoms with E-state index in [4.69, 9.17) is 0 Å². The lowest BCUT2D eigenvalue weighted by Gasteiger charge is -2.18. The molecule has 19 heavy (non-hydrogen) atoms. The molecule has 0 aliphatic rings. The lowest BCUT2D eigenvalue weighted by molar-refractivity contribution is 0.539. The molecule has 98 valence electrons. The first kappa shape index (κ1) is 14.0. The maximum Gasteiger partial charge on any atom is 0.0357 e. The molecule has 0 bridgehead atoms. The summed E-state index contributed by atoms with van der Waals surface area (Å²) in [6.07, 6.45) is 2.89. The van der Waals surface area contributed by atoms with E-state index < -0.39 is 0 Å². The molecule has 0 radical (unpaired) electrons. The molecule has 0 aliphatic heterocycles. The third-order valence-electron chi connectivity index (χ3n) is 3.07. The topological polar surface area (TPSA) is 12.0 Å². The molecule has 2 rings (SSSR count). The van der Waals surface area contributed by atoms with Crippen molar-refractivity contribution in [3.63, 3.8) is 0 Å². The zero-order valence-corrected chi connectivity index (χ0v) is 12.4. The summed E-state index contributed by atoms with van der Waals surface area (Å²) in [5, 5.41) is 3.59. The van der Waals surface area contributed by atoms with Crippen molar-refractivity contribution in [2.45, 2.75) is 19.0 Å². The third-order valence-corrected chi connectivity index (χ3v) is 3.60. The van der Waals surface area contributed by atoms with E-state index in [0.29, 0.717) is 6.04 Å². The minimum atomic E-state index is 0.311. The van der Waals surface area contributed by atoms with Crippen LogP contribution in [-0.4, -0.2) is 0 Å². The maximum absolute atomic E-state index is 3.85. The quantitative estimate of drug-likeness (QED) is 0.751. The fourth-order valence-corrected chi connectivity index (χ4v) is 2.30. The van der Waals surface area contributed by atoms with Gasteiger partial charge in [-0.25, -0.2) is 0 Å². The highest BCUT2D eigenvalue weighted by molar-refractivity contribution is 9.10. The molecule has 2 aromatic rings. The van der Waals surface area contributed by atoms with Crippen molar-refractivity contribution in [3.05, 3.63) is 82.9 Å². The van der Waals surface area contributed by atoms with Gasteiger partial charge < -0.3 is 5.32 Å². The molecule has 0 heterocycles. The van der Waals surface area contributed by atoms with Gasteiger partial charge in [0, 0.05) is 17.1 Å². The van der Waals surface area contributed by atoms with Gasteiger partial charge in [-0.05, 0) is 29.7 Å². The Morgan fingerprint density at radius 1 is 1.05 bits per heavy atom. The van der Waals surface area contributed by atoms with E-state index in [2.05, 4.69) is 76.4 Å². The molecular formula is C17H18BrN. The summed E-state index contributed by atoms with van der Waals surface area (Å²) in [5.74, 6) is 0. The van der Waals surface area contributed by atoms with Crippen molar-refractivity contribution >= 4 is 15.9 Å². The summed E-state index contributed by atoms with van der Waals surface area (Å²) in [6, 6.07) is 19.2. The second kappa shape index (κ2) is 7.27. The first-order valence-electron chi connectivity index (χ1n) is 6.43. The summed E-state index contributed by atoms with van der Waals surface area (Å²) in [5.41, 5.74) is 2.59. The lowest BCUT2D eigenvalue weighted by Crippen LogP contribution is -2.20. The highest BCUT2D eigenvalue weighted by Gasteiger charge is 2.08. The molecule has 0 saturated carbocycles. The molecule has 0 aliphatic carbocycles. The smallest absolute Gasteiger partial charge is 0.0357 e. The molecule has 0 aromatic heterocycles. The van der Waals surface area contributed by atoms with Gasteiger partial charge in [0.1, 0.15) is 0 Å². The zero-order valence-electron chi connectivity index (χ0n) is 10.9. The van der Waals surface area contributed by atoms with E-state index in [1.165, 1.54) is 11.1 Å². The normalized spacial score (nSPS) is 12.1. The van der Waals surface area contributed by atoms with E-state index in [9.17, 15) is 0 Å². The van der Waals surface area contributed by atoms with Crippen LogP contribution in [0.15, 0.2) is 71.7 Å². The Labute approximate surface area is 123 Å². The molecule has 0 fully saturated rings. The van der Waals surface area contributed by atoms with Gasteiger partial charge in [-0.1, -0.05) is 64.5 Å². The van der Waals surface area contributed by atoms with Gasteiger partial charge in [-0.15, -0.1) is 6.58 Å². The van der Waals surface area contributed by atoms with Crippen LogP contribution in [0.25, 0.3) is 0 Å². The number of halogens is 1. The Hall–Kier alpha value is -1.38. The van der Waals surface area contributed by atoms with Crippen molar-refractivity contribution in [2.75, 3.05) is 0 Å². The standard InChI is InChI=1S/C17H18BrN/c1-2-6-17(15-9-11-16(18)12-10-15)19-13-14-7-4-3-5-8-14/h2-5,7-12,17,19H,1,6,13H2. The van der Waals surface area contributed by atoms with E-state index in [1.54, 1.807) is 0 Å². The van der Waals surface area contributed by atoms with Gasteiger partial charge in [0.25, 0.3) is 0 Å². The fourth-order valence-electron chi connectivity index (χ4n) is 2.04. The first-order valence-corrected chi connectivity index (χ1v) is 7.22. The average Bonchev–Trinajstić information content (AvgIpc) is 2.46. The molecule has 1 unspecified atom stereocenters. The Kier molecular flexibility index (Phi) is 5.37. The van der Waals surface area contributed by atoms with Crippen molar-refractivity contribution < 1.29 is 0 Å². The molecule has 0 amide bonds. The number of hydrogen-bond donors (Lipinski definition) is 1. The van der Waals surface area contributed by atoms with Gasteiger partial charge in [0.2, 0.25) is 0 Å². The Balaban J connectivity index is 2.04. The summed E-state index contributed by atoms with van der Waals surface area (Å²) in [4.78, 5) is 0. The molecule has 2 heteroatoms. The minimum Gasteiger partial charge on any atom is -0.306 e. The van der Waals surface area contributed by atoms with Gasteiger partial charge in [0.15, 0.2) is 0 Å². The first-order chi connectivity index (χ1) is 9.29. The molecule has 0 spiro atoms. The van der Waals surface area contributed by atoms with E-state index in [0.717, 1.165) is 17.4 Å². The van der Waals surface area contributed by atoms with Gasteiger partial charge in [0.05, 0.1) is 0 Å². The fraction of sp³-hybridized carbons (Fsp3) is 0.176. The highest BCUT2D eigenvalue weighted by atomic mass is 79.9. The van der Waals surface area contributed by atoms with Crippen molar-refractivity contribution in [2.24, 2.45) is 0 Å². The molecule has 1 nitrogen and oxygen atoms in total. The van der Waals surface area contributed by atoms with Crippen molar-refractivity contribution in [1.82, 2.24) is 5.32 Å². The Morgan fingerprint density at radius 3 is 2.37 bits per heavy atom. The van der Waals surface area contributed by atoms with Crippen LogP contribution in [0.4, 0.5) is 0 Å². The number of benzene rings is 2. The summed E-state index contributed by atoms with van der Waals surface area (Å²) in [7, 11) is 0. The maximum atomic E-state index is 3.85. The summed E-state index contributed by atoms with van der Waals surface area (Å²) >= 11 is 3.47. The molecule has 1 atom stereocenters. The van der Waals surface area contributed by atoms with Crippen LogP contribution in [0, 0.1) is 0 Å². The van der Waals surface area contributed by atoms with E-state index in [1.807, 2.05) is 12.1 Å². The van der Waals surface area contributed by atoms with Crippen LogP contribution in [0.1, 0.15) is 23.6 Å². The highest BCUT2D eigenvalue weighted by Crippen LogP contribution is 2.20. The second-order valence-electron chi connectivity index (χ2n) is 4.50. The number of hydrogen-bond acceptors (Lipinski definition) is 1. The van der Waals surface area contributed by atoms with Crippen LogP contribution in [-0.2, 0) is 6.54 Å². The minimum absolute atomic E-state index is 0.311. The predicted octanol–water partition coefficient (Wildman–Crippen LogP) is 4.86. The average molecular weight is 316 g/mol. The van der Waals surface area contributed by atoms with Crippen molar-refractivity contribution in [1.29, 1.82) is 0 Å². The Morgan fingerprint density at radius 2 is 1.74 bits per heavy atom. The number of rotatable bonds is 6. The van der Waals surface area contributed by atoms with E-state index in [-0.39, 0.29) is 0 Å². The van der Waals surface area contributed by atoms with Gasteiger partial charge in [-0.2, -0.15) is 0 Å². The lowest BCUT2D eigenvalue weighted by atomic mass is 10.0. The van der Waals surface area contributed by atoms with Crippen LogP contribution >= 0.6 is 15.9 Å². The zero-order chi connectivity index (χ0) is 13.5. The Bertz CT molecular complexity index is 505. The van der Waals surface area contributed by atoms with Crippen LogP contribution in [0.5, 0.6) is 0 Å². The predicted molar refractivity (Wildman–Crippen MR) is 85.0 cm³/mol. The van der Waals surface area contributed by atoms with Gasteiger partial charge >= 0.3 is 0 Å². The van der Waals surface area contributed by atoms with Gasteiger partial charge in [-0.3, -0.25) is 0 Å². The summed E-state index contributed by atoms with van der Waals surface area (Å²) < 4.78 is 1.11. The molecule has 2 aromatic carbocycles.